The van der Waals surface area contributed by atoms with Crippen molar-refractivity contribution in [2.45, 2.75) is 133 Å². The highest BCUT2D eigenvalue weighted by atomic mass is 32.1. The monoisotopic (exact) mass is 736 g/mol. The zero-order valence-electron chi connectivity index (χ0n) is 32.1. The Morgan fingerprint density at radius 1 is 0.560 bits per heavy atom. The van der Waals surface area contributed by atoms with Crippen LogP contribution in [0.2, 0.25) is 57.4 Å². The van der Waals surface area contributed by atoms with Gasteiger partial charge in [0.15, 0.2) is 0 Å². The summed E-state index contributed by atoms with van der Waals surface area (Å²) >= 11 is 4.41. The van der Waals surface area contributed by atoms with Gasteiger partial charge >= 0.3 is 0 Å². The standard InChI is InChI=1S/C45H64OSSi3/c1-48(2,42-16-7-8-17-42)33-13-30-45(31-14-34-49(3,4)43-18-9-10-19-43,32-15-35-50(5,6)44-20-11-12-21-44)40-26-28-41(29-27-40)46-36-38-22-24-39(37-47)25-23-38/h7-12,16,18,20,22-29,47H,13-15,17,19,21,30-37H2,1-6H3. The van der Waals surface area contributed by atoms with Gasteiger partial charge in [0.1, 0.15) is 12.4 Å². The Kier molecular flexibility index (Phi) is 13.6. The first-order chi connectivity index (χ1) is 23.9. The first-order valence-electron chi connectivity index (χ1n) is 19.4. The predicted octanol–water partition coefficient (Wildman–Crippen LogP) is 13.7. The molecule has 0 atom stereocenters. The van der Waals surface area contributed by atoms with E-state index in [-0.39, 0.29) is 5.41 Å². The molecule has 0 unspecified atom stereocenters. The molecule has 0 amide bonds. The van der Waals surface area contributed by atoms with Crippen LogP contribution in [0, 0.1) is 0 Å². The molecule has 0 fully saturated rings. The number of rotatable bonds is 20. The Balaban J connectivity index is 1.37. The largest absolute Gasteiger partial charge is 0.489 e. The molecule has 3 aliphatic rings. The third kappa shape index (κ3) is 10.4. The van der Waals surface area contributed by atoms with Gasteiger partial charge < -0.3 is 4.74 Å². The number of ether oxygens (including phenoxy) is 1. The van der Waals surface area contributed by atoms with Gasteiger partial charge in [0.2, 0.25) is 0 Å². The molecule has 0 heterocycles. The van der Waals surface area contributed by atoms with Crippen molar-refractivity contribution >= 4 is 36.9 Å². The van der Waals surface area contributed by atoms with E-state index in [1.165, 1.54) is 87.0 Å². The third-order valence-electron chi connectivity index (χ3n) is 12.4. The highest BCUT2D eigenvalue weighted by molar-refractivity contribution is 7.79. The smallest absolute Gasteiger partial charge is 0.119 e. The van der Waals surface area contributed by atoms with E-state index in [0.29, 0.717) is 6.61 Å². The molecule has 5 heteroatoms. The van der Waals surface area contributed by atoms with Crippen LogP contribution < -0.4 is 4.74 Å². The number of thiol groups is 1. The highest BCUT2D eigenvalue weighted by Crippen LogP contribution is 2.44. The molecule has 0 aliphatic heterocycles. The van der Waals surface area contributed by atoms with Crippen molar-refractivity contribution in [3.05, 3.63) is 135 Å². The van der Waals surface area contributed by atoms with E-state index in [2.05, 4.69) is 155 Å². The van der Waals surface area contributed by atoms with E-state index >= 15 is 0 Å². The van der Waals surface area contributed by atoms with Crippen LogP contribution in [0.3, 0.4) is 0 Å². The van der Waals surface area contributed by atoms with Gasteiger partial charge in [0.25, 0.3) is 0 Å². The number of benzene rings is 2. The Labute approximate surface area is 314 Å². The Morgan fingerprint density at radius 3 is 1.32 bits per heavy atom. The van der Waals surface area contributed by atoms with Crippen molar-refractivity contribution in [2.24, 2.45) is 0 Å². The Bertz CT molecular complexity index is 1490. The summed E-state index contributed by atoms with van der Waals surface area (Å²) in [5.74, 6) is 1.74. The summed E-state index contributed by atoms with van der Waals surface area (Å²) in [5.41, 5.74) is 4.19. The fourth-order valence-electron chi connectivity index (χ4n) is 8.56. The van der Waals surface area contributed by atoms with E-state index < -0.39 is 24.2 Å². The van der Waals surface area contributed by atoms with Gasteiger partial charge in [-0.2, -0.15) is 12.6 Å². The fraction of sp³-hybridized carbons (Fsp3) is 0.467. The van der Waals surface area contributed by atoms with Crippen LogP contribution >= 0.6 is 12.6 Å². The molecular weight excluding hydrogens is 673 g/mol. The SMILES string of the molecule is C[Si](C)(CCCC(CCC[Si](C)(C)C1=CC=CC1)(CCC[Si](C)(C)C1=CC=CC1)c1ccc(OCc2ccc(CS)cc2)cc1)C1=CC=CC1. The molecule has 0 radical (unpaired) electrons. The van der Waals surface area contributed by atoms with Gasteiger partial charge in [-0.3, -0.25) is 0 Å². The zero-order chi connectivity index (χ0) is 35.7. The average molecular weight is 737 g/mol. The molecule has 0 saturated carbocycles. The summed E-state index contributed by atoms with van der Waals surface area (Å²) in [5, 5.41) is 5.21. The molecule has 2 aromatic carbocycles. The lowest BCUT2D eigenvalue weighted by Crippen LogP contribution is -2.33. The second-order valence-electron chi connectivity index (χ2n) is 17.3. The van der Waals surface area contributed by atoms with Crippen molar-refractivity contribution in [1.82, 2.24) is 0 Å². The van der Waals surface area contributed by atoms with E-state index in [4.69, 9.17) is 4.74 Å². The number of hydrogen-bond acceptors (Lipinski definition) is 2. The van der Waals surface area contributed by atoms with Crippen LogP contribution in [-0.4, -0.2) is 24.2 Å². The molecule has 2 aromatic rings. The van der Waals surface area contributed by atoms with Gasteiger partial charge in [0.05, 0.1) is 24.2 Å². The zero-order valence-corrected chi connectivity index (χ0v) is 36.0. The molecule has 1 nitrogen and oxygen atoms in total. The van der Waals surface area contributed by atoms with Crippen LogP contribution in [0.1, 0.15) is 74.5 Å². The van der Waals surface area contributed by atoms with Gasteiger partial charge in [-0.1, -0.05) is 183 Å². The number of allylic oxidation sites excluding steroid dienone is 12. The molecule has 268 valence electrons. The highest BCUT2D eigenvalue weighted by Gasteiger charge is 2.36. The van der Waals surface area contributed by atoms with E-state index in [0.717, 1.165) is 11.5 Å². The maximum absolute atomic E-state index is 6.34. The minimum Gasteiger partial charge on any atom is -0.489 e. The molecule has 0 spiro atoms. The quantitative estimate of drug-likeness (QED) is 0.105. The summed E-state index contributed by atoms with van der Waals surface area (Å²) < 4.78 is 6.34. The summed E-state index contributed by atoms with van der Waals surface area (Å²) in [6.45, 7) is 16.3. The minimum absolute atomic E-state index is 0.202. The predicted molar refractivity (Wildman–Crippen MR) is 232 cm³/mol. The molecule has 0 N–H and O–H groups in total. The fourth-order valence-corrected chi connectivity index (χ4v) is 16.6. The molecule has 50 heavy (non-hydrogen) atoms. The molecule has 0 bridgehead atoms. The third-order valence-corrected chi connectivity index (χ3v) is 23.9. The summed E-state index contributed by atoms with van der Waals surface area (Å²) in [6.07, 6.45) is 32.6. The van der Waals surface area contributed by atoms with Crippen molar-refractivity contribution in [3.8, 4) is 5.75 Å². The Hall–Kier alpha value is -2.32. The number of hydrogen-bond donors (Lipinski definition) is 1. The van der Waals surface area contributed by atoms with Crippen molar-refractivity contribution in [3.63, 3.8) is 0 Å². The molecule has 3 aliphatic carbocycles. The van der Waals surface area contributed by atoms with E-state index in [1.807, 2.05) is 0 Å². The van der Waals surface area contributed by atoms with Gasteiger partial charge in [0, 0.05) is 5.75 Å². The molecule has 5 rings (SSSR count). The van der Waals surface area contributed by atoms with Crippen molar-refractivity contribution < 1.29 is 4.74 Å². The minimum atomic E-state index is -1.43. The van der Waals surface area contributed by atoms with Gasteiger partial charge in [-0.25, -0.2) is 0 Å². The van der Waals surface area contributed by atoms with E-state index in [9.17, 15) is 0 Å². The average Bonchev–Trinajstić information content (AvgIpc) is 3.92. The van der Waals surface area contributed by atoms with Crippen molar-refractivity contribution in [1.29, 1.82) is 0 Å². The van der Waals surface area contributed by atoms with Gasteiger partial charge in [-0.15, -0.1) is 0 Å². The van der Waals surface area contributed by atoms with Crippen LogP contribution in [0.25, 0.3) is 0 Å². The Morgan fingerprint density at radius 2 is 0.960 bits per heavy atom. The van der Waals surface area contributed by atoms with Crippen molar-refractivity contribution in [2.75, 3.05) is 0 Å². The topological polar surface area (TPSA) is 9.23 Å². The summed E-state index contributed by atoms with van der Waals surface area (Å²) in [4.78, 5) is 0. The molecular formula is C45H64OSSi3. The normalized spacial score (nSPS) is 16.3. The summed E-state index contributed by atoms with van der Waals surface area (Å²) in [6, 6.07) is 22.2. The lowest BCUT2D eigenvalue weighted by Gasteiger charge is -2.38. The molecule has 0 saturated heterocycles. The lowest BCUT2D eigenvalue weighted by molar-refractivity contribution is 0.304. The van der Waals surface area contributed by atoms with E-state index in [1.54, 1.807) is 21.2 Å². The van der Waals surface area contributed by atoms with Crippen LogP contribution in [0.15, 0.2) is 119 Å². The maximum atomic E-state index is 6.34. The van der Waals surface area contributed by atoms with Crippen LogP contribution in [0.5, 0.6) is 5.75 Å². The summed E-state index contributed by atoms with van der Waals surface area (Å²) in [7, 11) is -4.28. The van der Waals surface area contributed by atoms with Crippen LogP contribution in [0.4, 0.5) is 0 Å². The molecule has 0 aromatic heterocycles. The second-order valence-corrected chi connectivity index (χ2v) is 32.3. The second kappa shape index (κ2) is 17.5. The maximum Gasteiger partial charge on any atom is 0.119 e. The first-order valence-corrected chi connectivity index (χ1v) is 29.7. The lowest BCUT2D eigenvalue weighted by atomic mass is 9.70. The van der Waals surface area contributed by atoms with Crippen LogP contribution in [-0.2, 0) is 17.8 Å². The first kappa shape index (κ1) is 38.9. The van der Waals surface area contributed by atoms with Gasteiger partial charge in [-0.05, 0) is 72.8 Å².